The molecule has 4 aromatic rings. The SMILES string of the molecule is c1ccc(CSc2cccc(-c3ncc[nH]3)c2-c2ccco2)cc1. The number of H-pyrrole nitrogens is 1. The summed E-state index contributed by atoms with van der Waals surface area (Å²) in [6.45, 7) is 0. The van der Waals surface area contributed by atoms with Crippen LogP contribution >= 0.6 is 11.8 Å². The van der Waals surface area contributed by atoms with Crippen LogP contribution in [0.25, 0.3) is 22.7 Å². The van der Waals surface area contributed by atoms with Crippen LogP contribution < -0.4 is 0 Å². The van der Waals surface area contributed by atoms with Crippen LogP contribution in [0.4, 0.5) is 0 Å². The van der Waals surface area contributed by atoms with Crippen molar-refractivity contribution in [2.24, 2.45) is 0 Å². The molecule has 0 fully saturated rings. The van der Waals surface area contributed by atoms with Crippen molar-refractivity contribution >= 4 is 11.8 Å². The van der Waals surface area contributed by atoms with E-state index in [0.717, 1.165) is 28.5 Å². The predicted octanol–water partition coefficient (Wildman–Crippen LogP) is 5.63. The van der Waals surface area contributed by atoms with E-state index in [1.54, 1.807) is 12.5 Å². The Kier molecular flexibility index (Phi) is 4.21. The maximum Gasteiger partial charge on any atom is 0.138 e. The van der Waals surface area contributed by atoms with Gasteiger partial charge >= 0.3 is 0 Å². The lowest BCUT2D eigenvalue weighted by Crippen LogP contribution is -1.90. The van der Waals surface area contributed by atoms with E-state index >= 15 is 0 Å². The number of aromatic amines is 1. The fourth-order valence-corrected chi connectivity index (χ4v) is 3.72. The largest absolute Gasteiger partial charge is 0.464 e. The molecule has 0 saturated heterocycles. The molecule has 0 aliphatic heterocycles. The van der Waals surface area contributed by atoms with Crippen molar-refractivity contribution in [2.45, 2.75) is 10.6 Å². The average Bonchev–Trinajstić information content (AvgIpc) is 3.34. The number of hydrogen-bond donors (Lipinski definition) is 1. The summed E-state index contributed by atoms with van der Waals surface area (Å²) in [6, 6.07) is 20.7. The first-order valence-electron chi connectivity index (χ1n) is 7.75. The van der Waals surface area contributed by atoms with Crippen molar-refractivity contribution in [3.8, 4) is 22.7 Å². The third kappa shape index (κ3) is 3.01. The standard InChI is InChI=1S/C20H16N2OS/c1-2-6-15(7-3-1)14-24-18-10-4-8-16(20-21-11-12-22-20)19(18)17-9-5-13-23-17/h1-13H,14H2,(H,21,22). The molecule has 1 N–H and O–H groups in total. The summed E-state index contributed by atoms with van der Waals surface area (Å²) in [5, 5.41) is 0. The monoisotopic (exact) mass is 332 g/mol. The first kappa shape index (κ1) is 14.8. The van der Waals surface area contributed by atoms with Gasteiger partial charge in [-0.15, -0.1) is 11.8 Å². The van der Waals surface area contributed by atoms with Gasteiger partial charge in [0.15, 0.2) is 0 Å². The summed E-state index contributed by atoms with van der Waals surface area (Å²) < 4.78 is 5.70. The zero-order valence-electron chi connectivity index (χ0n) is 13.0. The average molecular weight is 332 g/mol. The summed E-state index contributed by atoms with van der Waals surface area (Å²) in [4.78, 5) is 8.79. The van der Waals surface area contributed by atoms with Gasteiger partial charge in [-0.05, 0) is 23.8 Å². The van der Waals surface area contributed by atoms with Gasteiger partial charge in [-0.1, -0.05) is 42.5 Å². The number of nitrogens with one attached hydrogen (secondary N) is 1. The molecule has 3 nitrogen and oxygen atoms in total. The highest BCUT2D eigenvalue weighted by atomic mass is 32.2. The van der Waals surface area contributed by atoms with Gasteiger partial charge in [0, 0.05) is 34.2 Å². The Bertz CT molecular complexity index is 900. The smallest absolute Gasteiger partial charge is 0.138 e. The number of aromatic nitrogens is 2. The summed E-state index contributed by atoms with van der Waals surface area (Å²) in [6.07, 6.45) is 5.32. The maximum absolute atomic E-state index is 5.70. The Balaban J connectivity index is 1.75. The molecule has 0 atom stereocenters. The van der Waals surface area contributed by atoms with Crippen LogP contribution in [0, 0.1) is 0 Å². The zero-order valence-corrected chi connectivity index (χ0v) is 13.8. The van der Waals surface area contributed by atoms with Gasteiger partial charge in [0.05, 0.1) is 6.26 Å². The Hall–Kier alpha value is -2.72. The quantitative estimate of drug-likeness (QED) is 0.482. The summed E-state index contributed by atoms with van der Waals surface area (Å²) >= 11 is 1.81. The highest BCUT2D eigenvalue weighted by molar-refractivity contribution is 7.98. The lowest BCUT2D eigenvalue weighted by molar-refractivity contribution is 0.581. The zero-order chi connectivity index (χ0) is 16.2. The van der Waals surface area contributed by atoms with Crippen LogP contribution in [-0.4, -0.2) is 9.97 Å². The molecule has 0 bridgehead atoms. The van der Waals surface area contributed by atoms with Crippen molar-refractivity contribution in [3.05, 3.63) is 84.9 Å². The molecule has 118 valence electrons. The molecule has 24 heavy (non-hydrogen) atoms. The van der Waals surface area contributed by atoms with Gasteiger partial charge in [0.25, 0.3) is 0 Å². The highest BCUT2D eigenvalue weighted by Gasteiger charge is 2.16. The number of thioether (sulfide) groups is 1. The molecule has 0 amide bonds. The van der Waals surface area contributed by atoms with E-state index < -0.39 is 0 Å². The van der Waals surface area contributed by atoms with E-state index in [2.05, 4.69) is 52.4 Å². The number of hydrogen-bond acceptors (Lipinski definition) is 3. The van der Waals surface area contributed by atoms with Gasteiger partial charge in [0.1, 0.15) is 11.6 Å². The number of furan rings is 1. The van der Waals surface area contributed by atoms with Crippen LogP contribution in [0.5, 0.6) is 0 Å². The second kappa shape index (κ2) is 6.81. The Morgan fingerprint density at radius 2 is 1.88 bits per heavy atom. The molecule has 4 heteroatoms. The first-order valence-corrected chi connectivity index (χ1v) is 8.74. The molecule has 2 aromatic heterocycles. The van der Waals surface area contributed by atoms with Crippen molar-refractivity contribution in [2.75, 3.05) is 0 Å². The third-order valence-corrected chi connectivity index (χ3v) is 4.91. The molecule has 0 aliphatic rings. The molecule has 0 radical (unpaired) electrons. The molecule has 0 unspecified atom stereocenters. The number of nitrogens with zero attached hydrogens (tertiary/aromatic N) is 1. The number of rotatable bonds is 5. The van der Waals surface area contributed by atoms with Crippen LogP contribution in [0.15, 0.2) is 88.6 Å². The summed E-state index contributed by atoms with van der Waals surface area (Å²) in [7, 11) is 0. The second-order valence-corrected chi connectivity index (χ2v) is 6.39. The van der Waals surface area contributed by atoms with E-state index in [9.17, 15) is 0 Å². The summed E-state index contributed by atoms with van der Waals surface area (Å²) in [5.41, 5.74) is 3.43. The minimum atomic E-state index is 0.851. The van der Waals surface area contributed by atoms with E-state index in [4.69, 9.17) is 4.42 Å². The van der Waals surface area contributed by atoms with Crippen molar-refractivity contribution in [1.82, 2.24) is 9.97 Å². The number of benzene rings is 2. The predicted molar refractivity (Wildman–Crippen MR) is 97.7 cm³/mol. The molecule has 0 spiro atoms. The van der Waals surface area contributed by atoms with Gasteiger partial charge in [0.2, 0.25) is 0 Å². The van der Waals surface area contributed by atoms with Gasteiger partial charge in [-0.25, -0.2) is 4.98 Å². The Morgan fingerprint density at radius 1 is 0.958 bits per heavy atom. The molecule has 0 saturated carbocycles. The topological polar surface area (TPSA) is 41.8 Å². The normalized spacial score (nSPS) is 10.8. The van der Waals surface area contributed by atoms with Crippen LogP contribution in [0.2, 0.25) is 0 Å². The van der Waals surface area contributed by atoms with E-state index in [-0.39, 0.29) is 0 Å². The lowest BCUT2D eigenvalue weighted by Gasteiger charge is -2.12. The Labute approximate surface area is 144 Å². The van der Waals surface area contributed by atoms with Crippen molar-refractivity contribution in [1.29, 1.82) is 0 Å². The van der Waals surface area contributed by atoms with E-state index in [1.807, 2.05) is 36.2 Å². The molecule has 0 aliphatic carbocycles. The van der Waals surface area contributed by atoms with Crippen LogP contribution in [0.3, 0.4) is 0 Å². The lowest BCUT2D eigenvalue weighted by atomic mass is 10.0. The van der Waals surface area contributed by atoms with Crippen molar-refractivity contribution in [3.63, 3.8) is 0 Å². The van der Waals surface area contributed by atoms with Gasteiger partial charge in [-0.2, -0.15) is 0 Å². The maximum atomic E-state index is 5.70. The van der Waals surface area contributed by atoms with E-state index in [0.29, 0.717) is 0 Å². The molecule has 2 aromatic carbocycles. The molecular formula is C20H16N2OS. The number of imidazole rings is 1. The molecule has 2 heterocycles. The molecule has 4 rings (SSSR count). The van der Waals surface area contributed by atoms with E-state index in [1.165, 1.54) is 10.5 Å². The van der Waals surface area contributed by atoms with Crippen molar-refractivity contribution < 1.29 is 4.42 Å². The second-order valence-electron chi connectivity index (χ2n) is 5.37. The minimum Gasteiger partial charge on any atom is -0.464 e. The highest BCUT2D eigenvalue weighted by Crippen LogP contribution is 2.39. The fourth-order valence-electron chi connectivity index (χ4n) is 2.67. The van der Waals surface area contributed by atoms with Gasteiger partial charge < -0.3 is 9.40 Å². The summed E-state index contributed by atoms with van der Waals surface area (Å²) in [5.74, 6) is 2.62. The third-order valence-electron chi connectivity index (χ3n) is 3.78. The van der Waals surface area contributed by atoms with Crippen LogP contribution in [-0.2, 0) is 5.75 Å². The van der Waals surface area contributed by atoms with Gasteiger partial charge in [-0.3, -0.25) is 0 Å². The molecular weight excluding hydrogens is 316 g/mol. The Morgan fingerprint density at radius 3 is 2.62 bits per heavy atom. The minimum absolute atomic E-state index is 0.851. The van der Waals surface area contributed by atoms with Crippen LogP contribution in [0.1, 0.15) is 5.56 Å². The fraction of sp³-hybridized carbons (Fsp3) is 0.0500. The first-order chi connectivity index (χ1) is 11.9.